The molecule has 0 saturated carbocycles. The van der Waals surface area contributed by atoms with Crippen molar-refractivity contribution in [3.05, 3.63) is 35.9 Å². The highest BCUT2D eigenvalue weighted by Gasteiger charge is 2.41. The summed E-state index contributed by atoms with van der Waals surface area (Å²) in [4.78, 5) is 2.31. The number of hydrogen-bond donors (Lipinski definition) is 2. The fraction of sp³-hybridized carbons (Fsp3) is 0.571. The van der Waals surface area contributed by atoms with Crippen LogP contribution >= 0.6 is 0 Å². The van der Waals surface area contributed by atoms with Gasteiger partial charge >= 0.3 is 0 Å². The van der Waals surface area contributed by atoms with E-state index < -0.39 is 0 Å². The first-order chi connectivity index (χ1) is 8.18. The molecule has 1 aliphatic heterocycles. The average molecular weight is 235 g/mol. The Bertz CT molecular complexity index is 354. The van der Waals surface area contributed by atoms with Gasteiger partial charge in [0.2, 0.25) is 0 Å². The van der Waals surface area contributed by atoms with E-state index in [0.29, 0.717) is 0 Å². The maximum absolute atomic E-state index is 9.47. The largest absolute Gasteiger partial charge is 0.396 e. The smallest absolute Gasteiger partial charge is 0.0501 e. The molecule has 0 aromatic heterocycles. The summed E-state index contributed by atoms with van der Waals surface area (Å²) in [5.74, 6) is 0.177. The first kappa shape index (κ1) is 12.6. The van der Waals surface area contributed by atoms with Crippen LogP contribution in [-0.4, -0.2) is 41.4 Å². The van der Waals surface area contributed by atoms with Crippen LogP contribution in [0, 0.1) is 11.3 Å². The second-order valence-electron chi connectivity index (χ2n) is 5.35. The zero-order valence-corrected chi connectivity index (χ0v) is 10.3. The van der Waals surface area contributed by atoms with E-state index in [1.54, 1.807) is 0 Å². The third-order valence-corrected chi connectivity index (χ3v) is 3.88. The fourth-order valence-electron chi connectivity index (χ4n) is 2.66. The molecule has 1 aromatic carbocycles. The molecule has 0 bridgehead atoms. The molecule has 17 heavy (non-hydrogen) atoms. The molecule has 0 aliphatic carbocycles. The summed E-state index contributed by atoms with van der Waals surface area (Å²) >= 11 is 0. The second kappa shape index (κ2) is 5.17. The molecule has 2 atom stereocenters. The molecule has 1 aromatic rings. The molecule has 1 fully saturated rings. The summed E-state index contributed by atoms with van der Waals surface area (Å²) in [5.41, 5.74) is 1.12. The van der Waals surface area contributed by atoms with Gasteiger partial charge in [-0.1, -0.05) is 37.3 Å². The van der Waals surface area contributed by atoms with Crippen molar-refractivity contribution < 1.29 is 10.2 Å². The van der Waals surface area contributed by atoms with Crippen LogP contribution in [0.15, 0.2) is 30.3 Å². The predicted molar refractivity (Wildman–Crippen MR) is 67.5 cm³/mol. The molecule has 0 amide bonds. The van der Waals surface area contributed by atoms with Gasteiger partial charge in [-0.15, -0.1) is 0 Å². The highest BCUT2D eigenvalue weighted by atomic mass is 16.3. The number of likely N-dealkylation sites (tertiary alicyclic amines) is 1. The Morgan fingerprint density at radius 1 is 1.29 bits per heavy atom. The van der Waals surface area contributed by atoms with Gasteiger partial charge < -0.3 is 10.2 Å². The van der Waals surface area contributed by atoms with Gasteiger partial charge in [0.15, 0.2) is 0 Å². The average Bonchev–Trinajstić information content (AvgIpc) is 2.67. The summed E-state index contributed by atoms with van der Waals surface area (Å²) < 4.78 is 0. The van der Waals surface area contributed by atoms with Gasteiger partial charge in [0.1, 0.15) is 0 Å². The van der Waals surface area contributed by atoms with Gasteiger partial charge in [0.05, 0.1) is 6.61 Å². The van der Waals surface area contributed by atoms with Gasteiger partial charge in [0, 0.05) is 37.6 Å². The molecule has 0 radical (unpaired) electrons. The van der Waals surface area contributed by atoms with Crippen LogP contribution in [0.1, 0.15) is 12.5 Å². The van der Waals surface area contributed by atoms with Crippen LogP contribution in [0.4, 0.5) is 0 Å². The number of aliphatic hydroxyl groups is 2. The van der Waals surface area contributed by atoms with Gasteiger partial charge in [-0.3, -0.25) is 4.90 Å². The zero-order valence-electron chi connectivity index (χ0n) is 10.3. The molecule has 2 rings (SSSR count). The maximum Gasteiger partial charge on any atom is 0.0501 e. The topological polar surface area (TPSA) is 43.7 Å². The van der Waals surface area contributed by atoms with E-state index in [1.165, 1.54) is 5.56 Å². The summed E-state index contributed by atoms with van der Waals surface area (Å²) in [6.07, 6.45) is 0. The second-order valence-corrected chi connectivity index (χ2v) is 5.35. The van der Waals surface area contributed by atoms with Crippen LogP contribution < -0.4 is 0 Å². The van der Waals surface area contributed by atoms with Crippen molar-refractivity contribution in [2.24, 2.45) is 11.3 Å². The summed E-state index contributed by atoms with van der Waals surface area (Å²) in [7, 11) is 0. The van der Waals surface area contributed by atoms with Crippen molar-refractivity contribution in [2.45, 2.75) is 13.5 Å². The van der Waals surface area contributed by atoms with Crippen molar-refractivity contribution in [3.8, 4) is 0 Å². The zero-order chi connectivity index (χ0) is 12.3. The lowest BCUT2D eigenvalue weighted by Gasteiger charge is -2.26. The van der Waals surface area contributed by atoms with Crippen molar-refractivity contribution in [1.29, 1.82) is 0 Å². The van der Waals surface area contributed by atoms with E-state index in [-0.39, 0.29) is 24.5 Å². The normalized spacial score (nSPS) is 29.7. The van der Waals surface area contributed by atoms with Gasteiger partial charge in [-0.25, -0.2) is 0 Å². The molecule has 3 heteroatoms. The highest BCUT2D eigenvalue weighted by molar-refractivity contribution is 5.15. The number of hydrogen-bond acceptors (Lipinski definition) is 3. The lowest BCUT2D eigenvalue weighted by Crippen LogP contribution is -2.32. The molecule has 1 heterocycles. The summed E-state index contributed by atoms with van der Waals surface area (Å²) in [6.45, 7) is 4.96. The molecule has 0 unspecified atom stereocenters. The Morgan fingerprint density at radius 2 is 2.00 bits per heavy atom. The molecule has 1 aliphatic rings. The molecule has 3 nitrogen and oxygen atoms in total. The Kier molecular flexibility index (Phi) is 3.82. The van der Waals surface area contributed by atoms with E-state index in [2.05, 4.69) is 24.0 Å². The van der Waals surface area contributed by atoms with E-state index in [4.69, 9.17) is 0 Å². The third kappa shape index (κ3) is 2.68. The van der Waals surface area contributed by atoms with Gasteiger partial charge in [-0.2, -0.15) is 0 Å². The number of nitrogens with zero attached hydrogens (tertiary/aromatic N) is 1. The fourth-order valence-corrected chi connectivity index (χ4v) is 2.66. The molecule has 1 saturated heterocycles. The molecule has 0 spiro atoms. The van der Waals surface area contributed by atoms with Gasteiger partial charge in [-0.05, 0) is 5.56 Å². The van der Waals surface area contributed by atoms with Crippen LogP contribution in [0.2, 0.25) is 0 Å². The van der Waals surface area contributed by atoms with Crippen molar-refractivity contribution in [2.75, 3.05) is 26.3 Å². The van der Waals surface area contributed by atoms with E-state index in [9.17, 15) is 10.2 Å². The Labute approximate surface area is 103 Å². The summed E-state index contributed by atoms with van der Waals surface area (Å²) in [5, 5.41) is 18.9. The maximum atomic E-state index is 9.47. The third-order valence-electron chi connectivity index (χ3n) is 3.88. The number of aliphatic hydroxyl groups excluding tert-OH is 2. The van der Waals surface area contributed by atoms with E-state index in [1.807, 2.05) is 18.2 Å². The van der Waals surface area contributed by atoms with Crippen LogP contribution in [-0.2, 0) is 6.54 Å². The lowest BCUT2D eigenvalue weighted by atomic mass is 9.81. The molecular formula is C14H21NO2. The minimum atomic E-state index is -0.163. The monoisotopic (exact) mass is 235 g/mol. The minimum absolute atomic E-state index is 0.142. The Morgan fingerprint density at radius 3 is 2.53 bits per heavy atom. The predicted octanol–water partition coefficient (Wildman–Crippen LogP) is 1.11. The molecule has 2 N–H and O–H groups in total. The van der Waals surface area contributed by atoms with Gasteiger partial charge in [0.25, 0.3) is 0 Å². The lowest BCUT2D eigenvalue weighted by molar-refractivity contribution is 0.0779. The Balaban J connectivity index is 2.01. The van der Waals surface area contributed by atoms with Crippen LogP contribution in [0.25, 0.3) is 0 Å². The first-order valence-electron chi connectivity index (χ1n) is 6.16. The number of benzene rings is 1. The molecular weight excluding hydrogens is 214 g/mol. The minimum Gasteiger partial charge on any atom is -0.396 e. The van der Waals surface area contributed by atoms with Crippen LogP contribution in [0.3, 0.4) is 0 Å². The quantitative estimate of drug-likeness (QED) is 0.821. The Hall–Kier alpha value is -0.900. The first-order valence-corrected chi connectivity index (χ1v) is 6.16. The standard InChI is InChI=1S/C14H21NO2/c1-14(11-17)10-15(8-13(14)9-16)7-12-5-3-2-4-6-12/h2-6,13,16-17H,7-11H2,1H3/t13-,14-/m1/s1. The van der Waals surface area contributed by atoms with Crippen LogP contribution in [0.5, 0.6) is 0 Å². The van der Waals surface area contributed by atoms with E-state index >= 15 is 0 Å². The van der Waals surface area contributed by atoms with Crippen molar-refractivity contribution in [1.82, 2.24) is 4.90 Å². The van der Waals surface area contributed by atoms with Crippen molar-refractivity contribution >= 4 is 0 Å². The molecule has 94 valence electrons. The highest BCUT2D eigenvalue weighted by Crippen LogP contribution is 2.35. The van der Waals surface area contributed by atoms with E-state index in [0.717, 1.165) is 19.6 Å². The summed E-state index contributed by atoms with van der Waals surface area (Å²) in [6, 6.07) is 10.3. The van der Waals surface area contributed by atoms with Crippen molar-refractivity contribution in [3.63, 3.8) is 0 Å². The SMILES string of the molecule is C[C@]1(CO)CN(Cc2ccccc2)C[C@@H]1CO. The number of rotatable bonds is 4.